The van der Waals surface area contributed by atoms with Crippen molar-refractivity contribution in [2.75, 3.05) is 29.9 Å². The van der Waals surface area contributed by atoms with Crippen molar-refractivity contribution in [3.63, 3.8) is 0 Å². The molecular weight excluding hydrogens is 384 g/mol. The Balaban J connectivity index is 1.37. The third-order valence-electron chi connectivity index (χ3n) is 5.11. The second-order valence-corrected chi connectivity index (χ2v) is 7.82. The van der Waals surface area contributed by atoms with Gasteiger partial charge in [-0.05, 0) is 6.07 Å². The Kier molecular flexibility index (Phi) is 3.90. The first kappa shape index (κ1) is 17.2. The van der Waals surface area contributed by atoms with Gasteiger partial charge in [-0.25, -0.2) is 18.7 Å². The summed E-state index contributed by atoms with van der Waals surface area (Å²) in [7, 11) is 1.92. The fraction of sp³-hybridized carbons (Fsp3) is 0.333. The quantitative estimate of drug-likeness (QED) is 0.524. The standard InChI is InChI=1S/C18H17F2N7S/c1-3-14-23-24-17-16(21-4-5-27(14)17)26-8-11(9-26)25(2)18-22-15-12(20)6-10(19)7-13(15)28-18/h4-7,11H,3,8-9H2,1-2H3. The lowest BCUT2D eigenvalue weighted by molar-refractivity contribution is 0.492. The molecule has 0 amide bonds. The van der Waals surface area contributed by atoms with Crippen molar-refractivity contribution in [1.29, 1.82) is 0 Å². The largest absolute Gasteiger partial charge is 0.349 e. The summed E-state index contributed by atoms with van der Waals surface area (Å²) in [6.07, 6.45) is 4.42. The molecule has 1 aromatic carbocycles. The minimum absolute atomic E-state index is 0.198. The second kappa shape index (κ2) is 6.33. The summed E-state index contributed by atoms with van der Waals surface area (Å²) in [5, 5.41) is 9.17. The SMILES string of the molecule is CCc1nnc2c(N3CC(N(C)c4nc5c(F)cc(F)cc5s4)C3)nccn12. The molecule has 7 nitrogen and oxygen atoms in total. The summed E-state index contributed by atoms with van der Waals surface area (Å²) in [5.74, 6) is 0.487. The van der Waals surface area contributed by atoms with Crippen molar-refractivity contribution < 1.29 is 8.78 Å². The fourth-order valence-corrected chi connectivity index (χ4v) is 4.49. The summed E-state index contributed by atoms with van der Waals surface area (Å²) in [4.78, 5) is 13.0. The Morgan fingerprint density at radius 1 is 1.25 bits per heavy atom. The molecule has 4 aromatic rings. The molecule has 0 atom stereocenters. The van der Waals surface area contributed by atoms with Crippen molar-refractivity contribution in [1.82, 2.24) is 24.6 Å². The van der Waals surface area contributed by atoms with Crippen LogP contribution in [-0.2, 0) is 6.42 Å². The van der Waals surface area contributed by atoms with Crippen molar-refractivity contribution in [2.24, 2.45) is 0 Å². The fourth-order valence-electron chi connectivity index (χ4n) is 3.45. The molecule has 0 N–H and O–H groups in total. The Hall–Kier alpha value is -2.88. The molecule has 0 saturated carbocycles. The van der Waals surface area contributed by atoms with Crippen LogP contribution >= 0.6 is 11.3 Å². The molecule has 5 rings (SSSR count). The van der Waals surface area contributed by atoms with E-state index in [1.807, 2.05) is 29.5 Å². The van der Waals surface area contributed by atoms with Gasteiger partial charge in [-0.1, -0.05) is 18.3 Å². The number of likely N-dealkylation sites (N-methyl/N-ethyl adjacent to an activating group) is 1. The number of aromatic nitrogens is 5. The lowest BCUT2D eigenvalue weighted by atomic mass is 10.1. The first-order chi connectivity index (χ1) is 13.5. The summed E-state index contributed by atoms with van der Waals surface area (Å²) >= 11 is 1.29. The van der Waals surface area contributed by atoms with Gasteiger partial charge >= 0.3 is 0 Å². The van der Waals surface area contributed by atoms with E-state index in [2.05, 4.69) is 25.1 Å². The van der Waals surface area contributed by atoms with Crippen LogP contribution in [-0.4, -0.2) is 50.7 Å². The molecule has 28 heavy (non-hydrogen) atoms. The number of fused-ring (bicyclic) bond motifs is 2. The molecule has 3 aromatic heterocycles. The van der Waals surface area contributed by atoms with Crippen molar-refractivity contribution in [3.05, 3.63) is 42.0 Å². The number of hydrogen-bond donors (Lipinski definition) is 0. The van der Waals surface area contributed by atoms with Gasteiger partial charge in [0.05, 0.1) is 10.7 Å². The number of aryl methyl sites for hydroxylation is 1. The van der Waals surface area contributed by atoms with E-state index in [-0.39, 0.29) is 11.6 Å². The molecule has 4 heterocycles. The molecule has 0 radical (unpaired) electrons. The van der Waals surface area contributed by atoms with Crippen LogP contribution in [0.4, 0.5) is 19.7 Å². The van der Waals surface area contributed by atoms with E-state index in [9.17, 15) is 8.78 Å². The van der Waals surface area contributed by atoms with Crippen LogP contribution < -0.4 is 9.80 Å². The number of rotatable bonds is 4. The van der Waals surface area contributed by atoms with Gasteiger partial charge in [-0.3, -0.25) is 4.40 Å². The van der Waals surface area contributed by atoms with Crippen molar-refractivity contribution in [2.45, 2.75) is 19.4 Å². The number of thiazole rings is 1. The van der Waals surface area contributed by atoms with Gasteiger partial charge in [0.15, 0.2) is 16.8 Å². The zero-order valence-corrected chi connectivity index (χ0v) is 16.1. The van der Waals surface area contributed by atoms with Crippen molar-refractivity contribution in [3.8, 4) is 0 Å². The van der Waals surface area contributed by atoms with Crippen LogP contribution in [0, 0.1) is 11.6 Å². The van der Waals surface area contributed by atoms with E-state index in [1.54, 1.807) is 6.20 Å². The number of anilines is 2. The van der Waals surface area contributed by atoms with Crippen molar-refractivity contribution >= 4 is 38.2 Å². The van der Waals surface area contributed by atoms with E-state index in [1.165, 1.54) is 17.4 Å². The third kappa shape index (κ3) is 2.59. The summed E-state index contributed by atoms with van der Waals surface area (Å²) in [5.41, 5.74) is 0.962. The average molecular weight is 401 g/mol. The molecule has 1 aliphatic rings. The van der Waals surface area contributed by atoms with Gasteiger partial charge < -0.3 is 9.80 Å². The molecule has 0 bridgehead atoms. The Morgan fingerprint density at radius 2 is 2.07 bits per heavy atom. The van der Waals surface area contributed by atoms with Gasteiger partial charge in [-0.15, -0.1) is 10.2 Å². The van der Waals surface area contributed by atoms with E-state index in [0.717, 1.165) is 42.9 Å². The van der Waals surface area contributed by atoms with Gasteiger partial charge in [0.2, 0.25) is 5.65 Å². The highest BCUT2D eigenvalue weighted by atomic mass is 32.1. The molecule has 1 aliphatic heterocycles. The maximum Gasteiger partial charge on any atom is 0.203 e. The van der Waals surface area contributed by atoms with Gasteiger partial charge in [0.1, 0.15) is 17.2 Å². The summed E-state index contributed by atoms with van der Waals surface area (Å²) in [6, 6.07) is 2.39. The topological polar surface area (TPSA) is 62.5 Å². The lowest BCUT2D eigenvalue weighted by Gasteiger charge is -2.44. The van der Waals surface area contributed by atoms with Crippen LogP contribution in [0.5, 0.6) is 0 Å². The molecule has 1 fully saturated rings. The maximum absolute atomic E-state index is 13.9. The van der Waals surface area contributed by atoms with Crippen LogP contribution in [0.2, 0.25) is 0 Å². The minimum Gasteiger partial charge on any atom is -0.349 e. The highest BCUT2D eigenvalue weighted by Crippen LogP contribution is 2.33. The Labute approximate surface area is 163 Å². The van der Waals surface area contributed by atoms with Crippen LogP contribution in [0.1, 0.15) is 12.7 Å². The third-order valence-corrected chi connectivity index (χ3v) is 6.20. The normalized spacial score (nSPS) is 14.8. The number of nitrogens with zero attached hydrogens (tertiary/aromatic N) is 7. The predicted octanol–water partition coefficient (Wildman–Crippen LogP) is 2.90. The number of benzene rings is 1. The monoisotopic (exact) mass is 401 g/mol. The van der Waals surface area contributed by atoms with Crippen LogP contribution in [0.15, 0.2) is 24.5 Å². The molecule has 0 spiro atoms. The predicted molar refractivity (Wildman–Crippen MR) is 104 cm³/mol. The van der Waals surface area contributed by atoms with E-state index < -0.39 is 11.6 Å². The molecular formula is C18H17F2N7S. The van der Waals surface area contributed by atoms with E-state index in [0.29, 0.717) is 9.83 Å². The van der Waals surface area contributed by atoms with Crippen LogP contribution in [0.25, 0.3) is 15.9 Å². The Morgan fingerprint density at radius 3 is 2.86 bits per heavy atom. The minimum atomic E-state index is -0.629. The zero-order chi connectivity index (χ0) is 19.4. The first-order valence-electron chi connectivity index (χ1n) is 8.97. The van der Waals surface area contributed by atoms with E-state index >= 15 is 0 Å². The Bertz CT molecular complexity index is 1180. The average Bonchev–Trinajstić information content (AvgIpc) is 3.24. The maximum atomic E-state index is 13.9. The molecule has 0 aliphatic carbocycles. The van der Waals surface area contributed by atoms with Gasteiger partial charge in [0, 0.05) is 45.0 Å². The first-order valence-corrected chi connectivity index (χ1v) is 9.78. The molecule has 10 heteroatoms. The zero-order valence-electron chi connectivity index (χ0n) is 15.3. The highest BCUT2D eigenvalue weighted by molar-refractivity contribution is 7.22. The van der Waals surface area contributed by atoms with Crippen LogP contribution in [0.3, 0.4) is 0 Å². The number of halogens is 2. The molecule has 0 unspecified atom stereocenters. The molecule has 144 valence electrons. The second-order valence-electron chi connectivity index (χ2n) is 6.81. The lowest BCUT2D eigenvalue weighted by Crippen LogP contribution is -2.59. The van der Waals surface area contributed by atoms with Gasteiger partial charge in [-0.2, -0.15) is 0 Å². The summed E-state index contributed by atoms with van der Waals surface area (Å²) < 4.78 is 29.8. The number of hydrogen-bond acceptors (Lipinski definition) is 7. The smallest absolute Gasteiger partial charge is 0.203 e. The van der Waals surface area contributed by atoms with E-state index in [4.69, 9.17) is 0 Å². The highest BCUT2D eigenvalue weighted by Gasteiger charge is 2.34. The molecule has 1 saturated heterocycles. The van der Waals surface area contributed by atoms with Gasteiger partial charge in [0.25, 0.3) is 0 Å². The summed E-state index contributed by atoms with van der Waals surface area (Å²) in [6.45, 7) is 3.52.